The molecule has 0 bridgehead atoms. The van der Waals surface area contributed by atoms with Gasteiger partial charge in [-0.15, -0.1) is 10.2 Å². The lowest BCUT2D eigenvalue weighted by Crippen LogP contribution is -2.10. The van der Waals surface area contributed by atoms with Crippen LogP contribution in [0.1, 0.15) is 24.5 Å². The van der Waals surface area contributed by atoms with E-state index in [9.17, 15) is 9.90 Å². The van der Waals surface area contributed by atoms with Gasteiger partial charge in [-0.25, -0.2) is 0 Å². The van der Waals surface area contributed by atoms with Crippen molar-refractivity contribution >= 4 is 17.0 Å². The Morgan fingerprint density at radius 3 is 2.50 bits per heavy atom. The molecular formula is C19H21N3O4. The van der Waals surface area contributed by atoms with Crippen molar-refractivity contribution in [2.75, 3.05) is 13.2 Å². The maximum atomic E-state index is 11.7. The number of benzene rings is 2. The summed E-state index contributed by atoms with van der Waals surface area (Å²) < 4.78 is 4.89. The largest absolute Gasteiger partial charge is 0.508 e. The molecule has 0 fully saturated rings. The summed E-state index contributed by atoms with van der Waals surface area (Å²) in [4.78, 5) is 13.2. The van der Waals surface area contributed by atoms with Crippen LogP contribution < -0.4 is 0 Å². The molecule has 0 amide bonds. The monoisotopic (exact) mass is 355 g/mol. The summed E-state index contributed by atoms with van der Waals surface area (Å²) in [6, 6.07) is 11.0. The summed E-state index contributed by atoms with van der Waals surface area (Å²) in [5, 5.41) is 28.0. The number of carbonyl (C=O) groups is 1. The van der Waals surface area contributed by atoms with Gasteiger partial charge in [0.15, 0.2) is 0 Å². The van der Waals surface area contributed by atoms with Gasteiger partial charge in [0.05, 0.1) is 12.3 Å². The first-order valence-corrected chi connectivity index (χ1v) is 8.56. The van der Waals surface area contributed by atoms with Crippen LogP contribution in [0, 0.1) is 0 Å². The van der Waals surface area contributed by atoms with Crippen LogP contribution in [0.5, 0.6) is 5.75 Å². The molecule has 3 aromatic rings. The van der Waals surface area contributed by atoms with Crippen molar-refractivity contribution in [3.63, 3.8) is 0 Å². The summed E-state index contributed by atoms with van der Waals surface area (Å²) in [7, 11) is 0. The van der Waals surface area contributed by atoms with Crippen molar-refractivity contribution in [2.45, 2.75) is 26.2 Å². The molecule has 2 aromatic carbocycles. The first kappa shape index (κ1) is 17.9. The van der Waals surface area contributed by atoms with Crippen molar-refractivity contribution in [1.29, 1.82) is 0 Å². The molecule has 0 unspecified atom stereocenters. The first-order chi connectivity index (χ1) is 12.6. The number of hydrogen-bond acceptors (Lipinski definition) is 6. The second-order valence-electron chi connectivity index (χ2n) is 5.88. The van der Waals surface area contributed by atoms with E-state index in [1.54, 1.807) is 6.07 Å². The lowest BCUT2D eigenvalue weighted by Gasteiger charge is -2.12. The summed E-state index contributed by atoms with van der Waals surface area (Å²) in [6.07, 6.45) is 1.24. The van der Waals surface area contributed by atoms with Crippen molar-refractivity contribution in [3.8, 4) is 11.4 Å². The lowest BCUT2D eigenvalue weighted by molar-refractivity contribution is -0.144. The van der Waals surface area contributed by atoms with Gasteiger partial charge in [0.25, 0.3) is 0 Å². The number of aromatic nitrogens is 3. The molecule has 7 heteroatoms. The highest BCUT2D eigenvalue weighted by Crippen LogP contribution is 2.27. The number of ether oxygens (including phenoxy) is 1. The van der Waals surface area contributed by atoms with Gasteiger partial charge in [-0.1, -0.05) is 19.1 Å². The summed E-state index contributed by atoms with van der Waals surface area (Å²) >= 11 is 0. The van der Waals surface area contributed by atoms with E-state index in [1.807, 2.05) is 37.3 Å². The van der Waals surface area contributed by atoms with Crippen LogP contribution in [-0.2, 0) is 22.4 Å². The molecule has 0 saturated heterocycles. The normalized spacial score (nSPS) is 11.0. The van der Waals surface area contributed by atoms with E-state index >= 15 is 0 Å². The van der Waals surface area contributed by atoms with Gasteiger partial charge in [-0.05, 0) is 42.2 Å². The highest BCUT2D eigenvalue weighted by atomic mass is 16.5. The number of esters is 1. The smallest absolute Gasteiger partial charge is 0.306 e. The molecule has 0 radical (unpaired) electrons. The predicted molar refractivity (Wildman–Crippen MR) is 96.3 cm³/mol. The standard InChI is InChI=1S/C19H21N3O4/c1-2-15-13(7-8-19(25)26-10-9-23)11-14(12-18(15)24)22-20-16-5-3-4-6-17(16)21-22/h3-6,11-12,23-24H,2,7-10H2,1H3. The molecule has 1 aromatic heterocycles. The Morgan fingerprint density at radius 1 is 1.19 bits per heavy atom. The molecule has 0 spiro atoms. The van der Waals surface area contributed by atoms with Crippen LogP contribution in [0.15, 0.2) is 36.4 Å². The fourth-order valence-electron chi connectivity index (χ4n) is 2.89. The van der Waals surface area contributed by atoms with Gasteiger partial charge in [0.2, 0.25) is 0 Å². The molecule has 3 rings (SSSR count). The van der Waals surface area contributed by atoms with E-state index in [-0.39, 0.29) is 31.4 Å². The topological polar surface area (TPSA) is 97.5 Å². The van der Waals surface area contributed by atoms with Gasteiger partial charge in [-0.3, -0.25) is 4.79 Å². The van der Waals surface area contributed by atoms with E-state index in [0.29, 0.717) is 18.5 Å². The number of aromatic hydroxyl groups is 1. The molecule has 0 saturated carbocycles. The maximum Gasteiger partial charge on any atom is 0.306 e. The number of aryl methyl sites for hydroxylation is 1. The molecule has 7 nitrogen and oxygen atoms in total. The minimum absolute atomic E-state index is 0.00540. The SMILES string of the molecule is CCc1c(O)cc(-n2nc3ccccc3n2)cc1CCC(=O)OCCO. The number of hydrogen-bond donors (Lipinski definition) is 2. The molecule has 0 atom stereocenters. The molecule has 26 heavy (non-hydrogen) atoms. The van der Waals surface area contributed by atoms with E-state index < -0.39 is 0 Å². The molecule has 2 N–H and O–H groups in total. The van der Waals surface area contributed by atoms with E-state index in [1.165, 1.54) is 4.80 Å². The fourth-order valence-corrected chi connectivity index (χ4v) is 2.89. The zero-order valence-corrected chi connectivity index (χ0v) is 14.6. The fraction of sp³-hybridized carbons (Fsp3) is 0.316. The van der Waals surface area contributed by atoms with Crippen LogP contribution in [-0.4, -0.2) is 44.4 Å². The molecular weight excluding hydrogens is 334 g/mol. The third-order valence-corrected chi connectivity index (χ3v) is 4.13. The number of fused-ring (bicyclic) bond motifs is 1. The van der Waals surface area contributed by atoms with Gasteiger partial charge in [-0.2, -0.15) is 4.80 Å². The number of carbonyl (C=O) groups excluding carboxylic acids is 1. The minimum atomic E-state index is -0.381. The summed E-state index contributed by atoms with van der Waals surface area (Å²) in [5.74, 6) is -0.223. The summed E-state index contributed by atoms with van der Waals surface area (Å²) in [6.45, 7) is 1.75. The average molecular weight is 355 g/mol. The highest BCUT2D eigenvalue weighted by Gasteiger charge is 2.14. The zero-order valence-electron chi connectivity index (χ0n) is 14.6. The minimum Gasteiger partial charge on any atom is -0.508 e. The first-order valence-electron chi connectivity index (χ1n) is 8.56. The zero-order chi connectivity index (χ0) is 18.5. The number of phenolic OH excluding ortho intramolecular Hbond substituents is 1. The van der Waals surface area contributed by atoms with Crippen molar-refractivity contribution in [3.05, 3.63) is 47.5 Å². The summed E-state index contributed by atoms with van der Waals surface area (Å²) in [5.41, 5.74) is 3.81. The van der Waals surface area contributed by atoms with Gasteiger partial charge < -0.3 is 14.9 Å². The molecule has 0 aliphatic heterocycles. The van der Waals surface area contributed by atoms with Crippen LogP contribution in [0.4, 0.5) is 0 Å². The quantitative estimate of drug-likeness (QED) is 0.630. The number of phenols is 1. The lowest BCUT2D eigenvalue weighted by atomic mass is 9.99. The molecule has 0 aliphatic rings. The van der Waals surface area contributed by atoms with Crippen LogP contribution in [0.2, 0.25) is 0 Å². The van der Waals surface area contributed by atoms with Gasteiger partial charge in [0.1, 0.15) is 23.4 Å². The Balaban J connectivity index is 1.89. The van der Waals surface area contributed by atoms with E-state index in [2.05, 4.69) is 10.2 Å². The van der Waals surface area contributed by atoms with Crippen LogP contribution >= 0.6 is 0 Å². The van der Waals surface area contributed by atoms with E-state index in [0.717, 1.165) is 22.2 Å². The van der Waals surface area contributed by atoms with Crippen molar-refractivity contribution < 1.29 is 19.7 Å². The second kappa shape index (κ2) is 7.97. The third-order valence-electron chi connectivity index (χ3n) is 4.13. The maximum absolute atomic E-state index is 11.7. The van der Waals surface area contributed by atoms with E-state index in [4.69, 9.17) is 9.84 Å². The van der Waals surface area contributed by atoms with Gasteiger partial charge >= 0.3 is 5.97 Å². The van der Waals surface area contributed by atoms with Gasteiger partial charge in [0, 0.05) is 12.5 Å². The van der Waals surface area contributed by atoms with Crippen molar-refractivity contribution in [1.82, 2.24) is 15.0 Å². The Bertz CT molecular complexity index is 887. The number of rotatable bonds is 7. The Kier molecular flexibility index (Phi) is 5.48. The number of aliphatic hydroxyl groups is 1. The van der Waals surface area contributed by atoms with Crippen LogP contribution in [0.25, 0.3) is 16.7 Å². The highest BCUT2D eigenvalue weighted by molar-refractivity contribution is 5.73. The van der Waals surface area contributed by atoms with Crippen LogP contribution in [0.3, 0.4) is 0 Å². The molecule has 1 heterocycles. The predicted octanol–water partition coefficient (Wildman–Crippen LogP) is 2.16. The Morgan fingerprint density at radius 2 is 1.88 bits per heavy atom. The second-order valence-corrected chi connectivity index (χ2v) is 5.88. The number of nitrogens with zero attached hydrogens (tertiary/aromatic N) is 3. The van der Waals surface area contributed by atoms with Crippen molar-refractivity contribution in [2.24, 2.45) is 0 Å². The molecule has 0 aliphatic carbocycles. The molecule has 136 valence electrons. The average Bonchev–Trinajstić information content (AvgIpc) is 3.08. The third kappa shape index (κ3) is 3.83. The number of aliphatic hydroxyl groups excluding tert-OH is 1. The Labute approximate surface area is 150 Å². The Hall–Kier alpha value is -2.93.